The monoisotopic (exact) mass is 570 g/mol. The number of carbonyl (C=O) groups is 1. The second-order valence-corrected chi connectivity index (χ2v) is 11.1. The van der Waals surface area contributed by atoms with Gasteiger partial charge in [-0.3, -0.25) is 4.79 Å². The van der Waals surface area contributed by atoms with E-state index in [0.29, 0.717) is 28.2 Å². The fraction of sp³-hybridized carbons (Fsp3) is 0.111. The number of aryl methyl sites for hydroxylation is 2. The molecule has 0 spiro atoms. The Morgan fingerprint density at radius 3 is 2.17 bits per heavy atom. The molecule has 0 saturated heterocycles. The van der Waals surface area contributed by atoms with Crippen LogP contribution < -0.4 is 15.8 Å². The van der Waals surface area contributed by atoms with Crippen LogP contribution in [-0.2, 0) is 14.8 Å². The largest absolute Gasteiger partial charge is 0.383 e. The zero-order valence-electron chi connectivity index (χ0n) is 21.3. The van der Waals surface area contributed by atoms with Crippen molar-refractivity contribution in [3.63, 3.8) is 0 Å². The molecule has 4 rings (SSSR count). The van der Waals surface area contributed by atoms with E-state index in [4.69, 9.17) is 5.73 Å². The van der Waals surface area contributed by atoms with Crippen LogP contribution in [0.5, 0.6) is 0 Å². The Balaban J connectivity index is 1.47. The van der Waals surface area contributed by atoms with E-state index in [0.717, 1.165) is 11.8 Å². The summed E-state index contributed by atoms with van der Waals surface area (Å²) in [5.41, 5.74) is 8.85. The fourth-order valence-electron chi connectivity index (χ4n) is 3.80. The number of thioether (sulfide) groups is 1. The maximum atomic E-state index is 12.7. The smallest absolute Gasteiger partial charge is 0.264 e. The van der Waals surface area contributed by atoms with Crippen molar-refractivity contribution in [2.45, 2.75) is 23.8 Å². The van der Waals surface area contributed by atoms with Gasteiger partial charge < -0.3 is 11.1 Å². The Kier molecular flexibility index (Phi) is 8.29. The minimum Gasteiger partial charge on any atom is -0.383 e. The third-order valence-corrected chi connectivity index (χ3v) is 7.79. The minimum atomic E-state index is -3.95. The number of nitrogens with one attached hydrogen (secondary N) is 2. The molecule has 2 aromatic heterocycles. The molecule has 0 aliphatic carbocycles. The topological polar surface area (TPSA) is 188 Å². The van der Waals surface area contributed by atoms with Crippen LogP contribution in [0.4, 0.5) is 17.5 Å². The Morgan fingerprint density at radius 1 is 0.950 bits per heavy atom. The highest BCUT2D eigenvalue weighted by Gasteiger charge is 2.21. The Bertz CT molecular complexity index is 1760. The van der Waals surface area contributed by atoms with Gasteiger partial charge in [-0.25, -0.2) is 28.1 Å². The molecule has 13 heteroatoms. The summed E-state index contributed by atoms with van der Waals surface area (Å²) in [5.74, 6) is -0.611. The van der Waals surface area contributed by atoms with Crippen molar-refractivity contribution in [2.24, 2.45) is 0 Å². The van der Waals surface area contributed by atoms with E-state index in [-0.39, 0.29) is 38.6 Å². The number of pyridine rings is 1. The highest BCUT2D eigenvalue weighted by Crippen LogP contribution is 2.35. The normalized spacial score (nSPS) is 10.8. The molecule has 40 heavy (non-hydrogen) atoms. The highest BCUT2D eigenvalue weighted by molar-refractivity contribution is 8.00. The van der Waals surface area contributed by atoms with Crippen molar-refractivity contribution >= 4 is 45.1 Å². The molecule has 2 aromatic carbocycles. The number of nitrogens with two attached hydrogens (primary N) is 1. The second kappa shape index (κ2) is 11.8. The molecule has 4 aromatic rings. The van der Waals surface area contributed by atoms with E-state index < -0.39 is 15.9 Å². The number of rotatable bonds is 8. The molecule has 2 heterocycles. The van der Waals surface area contributed by atoms with Gasteiger partial charge in [0.1, 0.15) is 28.5 Å². The number of carbonyl (C=O) groups excluding carboxylic acids is 1. The first-order valence-corrected chi connectivity index (χ1v) is 14.1. The van der Waals surface area contributed by atoms with Crippen molar-refractivity contribution in [1.29, 1.82) is 10.5 Å². The van der Waals surface area contributed by atoms with Crippen molar-refractivity contribution in [2.75, 3.05) is 21.5 Å². The van der Waals surface area contributed by atoms with E-state index in [9.17, 15) is 23.7 Å². The molecule has 0 fully saturated rings. The molecule has 0 atom stereocenters. The molecule has 0 unspecified atom stereocenters. The van der Waals surface area contributed by atoms with Gasteiger partial charge in [0.05, 0.1) is 16.2 Å². The number of hydrogen-bond donors (Lipinski definition) is 3. The zero-order valence-corrected chi connectivity index (χ0v) is 23.0. The molecule has 200 valence electrons. The molecular weight excluding hydrogens is 548 g/mol. The predicted molar refractivity (Wildman–Crippen MR) is 152 cm³/mol. The number of nitrogen functional groups attached to an aromatic ring is 1. The van der Waals surface area contributed by atoms with Gasteiger partial charge in [-0.05, 0) is 49.7 Å². The molecular formula is C27H22N8O3S2. The van der Waals surface area contributed by atoms with Gasteiger partial charge in [0.25, 0.3) is 10.0 Å². The van der Waals surface area contributed by atoms with Gasteiger partial charge in [-0.15, -0.1) is 0 Å². The molecule has 0 aliphatic heterocycles. The average molecular weight is 571 g/mol. The van der Waals surface area contributed by atoms with E-state index in [1.165, 1.54) is 24.3 Å². The maximum Gasteiger partial charge on any atom is 0.264 e. The lowest BCUT2D eigenvalue weighted by Gasteiger charge is -2.13. The van der Waals surface area contributed by atoms with Crippen LogP contribution in [0.3, 0.4) is 0 Å². The lowest BCUT2D eigenvalue weighted by molar-refractivity contribution is -0.113. The quantitative estimate of drug-likeness (QED) is 0.261. The van der Waals surface area contributed by atoms with Gasteiger partial charge in [-0.1, -0.05) is 42.1 Å². The summed E-state index contributed by atoms with van der Waals surface area (Å²) in [4.78, 5) is 25.0. The zero-order chi connectivity index (χ0) is 28.9. The van der Waals surface area contributed by atoms with Crippen LogP contribution in [0.25, 0.3) is 11.1 Å². The van der Waals surface area contributed by atoms with Gasteiger partial charge >= 0.3 is 0 Å². The van der Waals surface area contributed by atoms with Crippen molar-refractivity contribution in [3.05, 3.63) is 83.2 Å². The molecule has 11 nitrogen and oxygen atoms in total. The number of nitriles is 2. The number of hydrogen-bond acceptors (Lipinski definition) is 10. The lowest BCUT2D eigenvalue weighted by atomic mass is 9.97. The summed E-state index contributed by atoms with van der Waals surface area (Å²) in [7, 11) is -3.95. The van der Waals surface area contributed by atoms with Crippen LogP contribution in [0.15, 0.2) is 70.6 Å². The summed E-state index contributed by atoms with van der Waals surface area (Å²) < 4.78 is 27.8. The van der Waals surface area contributed by atoms with Crippen LogP contribution in [-0.4, -0.2) is 35.0 Å². The summed E-state index contributed by atoms with van der Waals surface area (Å²) in [6, 6.07) is 20.3. The minimum absolute atomic E-state index is 0.0314. The Labute approximate surface area is 235 Å². The first-order chi connectivity index (χ1) is 19.1. The SMILES string of the molecule is Cc1cc(C)nc(NS(=O)(=O)c2ccc(NC(=O)CSc3nc(N)c(C#N)c(-c4ccccc4)c3C#N)cc2)n1. The van der Waals surface area contributed by atoms with Crippen molar-refractivity contribution < 1.29 is 13.2 Å². The number of benzene rings is 2. The van der Waals surface area contributed by atoms with Gasteiger partial charge in [0.2, 0.25) is 11.9 Å². The van der Waals surface area contributed by atoms with E-state index >= 15 is 0 Å². The molecule has 0 radical (unpaired) electrons. The van der Waals surface area contributed by atoms with Crippen LogP contribution in [0, 0.1) is 36.5 Å². The van der Waals surface area contributed by atoms with Crippen molar-refractivity contribution in [3.8, 4) is 23.3 Å². The van der Waals surface area contributed by atoms with Crippen LogP contribution in [0.2, 0.25) is 0 Å². The molecule has 0 bridgehead atoms. The van der Waals surface area contributed by atoms with E-state index in [1.807, 2.05) is 12.1 Å². The van der Waals surface area contributed by atoms with Gasteiger partial charge in [0, 0.05) is 22.6 Å². The first kappa shape index (κ1) is 28.0. The fourth-order valence-corrected chi connectivity index (χ4v) is 5.53. The number of nitrogens with zero attached hydrogens (tertiary/aromatic N) is 5. The number of anilines is 3. The Morgan fingerprint density at radius 2 is 1.57 bits per heavy atom. The molecule has 0 saturated carbocycles. The van der Waals surface area contributed by atoms with Crippen LogP contribution in [0.1, 0.15) is 22.5 Å². The van der Waals surface area contributed by atoms with Gasteiger partial charge in [-0.2, -0.15) is 10.5 Å². The van der Waals surface area contributed by atoms with Crippen molar-refractivity contribution in [1.82, 2.24) is 15.0 Å². The van der Waals surface area contributed by atoms with Crippen LogP contribution >= 0.6 is 11.8 Å². The summed E-state index contributed by atoms with van der Waals surface area (Å²) in [6.07, 6.45) is 0. The number of sulfonamides is 1. The third-order valence-electron chi connectivity index (χ3n) is 5.47. The highest BCUT2D eigenvalue weighted by atomic mass is 32.2. The van der Waals surface area contributed by atoms with E-state index in [2.05, 4.69) is 31.1 Å². The number of amides is 1. The standard InChI is InChI=1S/C27H22N8O3S2/c1-16-12-17(2)32-27(31-16)35-40(37,38)20-10-8-19(9-11-20)33-23(36)15-39-26-22(14-29)24(18-6-4-3-5-7-18)21(13-28)25(30)34-26/h3-12H,15H2,1-2H3,(H2,30,34)(H,33,36)(H,31,32,35). The summed E-state index contributed by atoms with van der Waals surface area (Å²) in [5, 5.41) is 22.4. The third kappa shape index (κ3) is 6.35. The first-order valence-electron chi connectivity index (χ1n) is 11.7. The Hall–Kier alpha value is -4.98. The maximum absolute atomic E-state index is 12.7. The summed E-state index contributed by atoms with van der Waals surface area (Å²) in [6.45, 7) is 3.47. The predicted octanol–water partition coefficient (Wildman–Crippen LogP) is 4.01. The average Bonchev–Trinajstić information content (AvgIpc) is 2.91. The van der Waals surface area contributed by atoms with E-state index in [1.54, 1.807) is 44.2 Å². The molecule has 0 aliphatic rings. The summed E-state index contributed by atoms with van der Waals surface area (Å²) >= 11 is 0.997. The lowest BCUT2D eigenvalue weighted by Crippen LogP contribution is -2.17. The number of aromatic nitrogens is 3. The molecule has 4 N–H and O–H groups in total. The second-order valence-electron chi connectivity index (χ2n) is 8.46. The van der Waals surface area contributed by atoms with Gasteiger partial charge in [0.15, 0.2) is 0 Å². The molecule has 1 amide bonds.